The molecule has 7 nitrogen and oxygen atoms in total. The first kappa shape index (κ1) is 33.8. The van der Waals surface area contributed by atoms with Crippen LogP contribution >= 0.6 is 0 Å². The zero-order valence-electron chi connectivity index (χ0n) is 31.0. The lowest BCUT2D eigenvalue weighted by molar-refractivity contribution is 0.668. The number of fused-ring (bicyclic) bond motifs is 6. The summed E-state index contributed by atoms with van der Waals surface area (Å²) < 4.78 is 12.6. The Morgan fingerprint density at radius 1 is 0.614 bits per heavy atom. The molecule has 270 valence electrons. The Kier molecular flexibility index (Phi) is 8.42. The molecule has 10 rings (SSSR count). The Hall–Kier alpha value is -7.69. The van der Waals surface area contributed by atoms with Crippen LogP contribution in [0.5, 0.6) is 0 Å². The zero-order valence-corrected chi connectivity index (χ0v) is 31.0. The van der Waals surface area contributed by atoms with Crippen LogP contribution < -0.4 is 0 Å². The largest absolute Gasteiger partial charge is 0.456 e. The standard InChI is InChI=1S/C50H33N5O2/c1-3-5-15-31(4-2)47-53-48(34-24-26-43-38(28-34)36-20-12-13-22-42(36)56-43)55-49(54-47)35-25-27-44-39(29-35)46-37(21-14-23-45(46)57-44)50-51-40(32-16-8-6-9-17-32)30-41(52-50)33-18-10-7-11-19-33/h2-3,5-6,8-10,12-30H,7,11H2,1H3/b5-3-,31-15+. The van der Waals surface area contributed by atoms with Gasteiger partial charge in [-0.15, -0.1) is 6.42 Å². The van der Waals surface area contributed by atoms with Gasteiger partial charge in [0.2, 0.25) is 0 Å². The van der Waals surface area contributed by atoms with Crippen molar-refractivity contribution in [1.29, 1.82) is 0 Å². The third-order valence-corrected chi connectivity index (χ3v) is 10.2. The molecule has 7 heteroatoms. The van der Waals surface area contributed by atoms with Gasteiger partial charge >= 0.3 is 0 Å². The molecule has 0 bridgehead atoms. The number of hydrogen-bond donors (Lipinski definition) is 0. The van der Waals surface area contributed by atoms with E-state index in [-0.39, 0.29) is 0 Å². The number of nitrogens with zero attached hydrogens (tertiary/aromatic N) is 5. The lowest BCUT2D eigenvalue weighted by Crippen LogP contribution is -2.02. The Labute approximate surface area is 328 Å². The SMILES string of the molecule is C#C/C(=C\C=C/C)c1nc(-c2ccc3oc4ccccc4c3c2)nc(-c2ccc3oc4cccc(-c5nc(C6=CCCC=C6)cc(-c6ccccc6)n5)c4c3c2)n1. The molecule has 4 aromatic heterocycles. The number of benzene rings is 5. The molecule has 0 unspecified atom stereocenters. The van der Waals surface area contributed by atoms with Gasteiger partial charge in [-0.2, -0.15) is 0 Å². The lowest BCUT2D eigenvalue weighted by Gasteiger charge is -2.12. The highest BCUT2D eigenvalue weighted by Crippen LogP contribution is 2.39. The van der Waals surface area contributed by atoms with Gasteiger partial charge in [-0.25, -0.2) is 24.9 Å². The maximum atomic E-state index is 6.47. The molecule has 0 saturated carbocycles. The van der Waals surface area contributed by atoms with Crippen molar-refractivity contribution in [2.75, 3.05) is 0 Å². The summed E-state index contributed by atoms with van der Waals surface area (Å²) in [7, 11) is 0. The highest BCUT2D eigenvalue weighted by Gasteiger charge is 2.20. The minimum absolute atomic E-state index is 0.398. The van der Waals surface area contributed by atoms with Crippen molar-refractivity contribution >= 4 is 55.0 Å². The molecule has 4 heterocycles. The van der Waals surface area contributed by atoms with Gasteiger partial charge in [0.1, 0.15) is 22.3 Å². The van der Waals surface area contributed by atoms with Crippen LogP contribution in [0, 0.1) is 12.3 Å². The van der Waals surface area contributed by atoms with E-state index in [9.17, 15) is 0 Å². The van der Waals surface area contributed by atoms with E-state index >= 15 is 0 Å². The first-order valence-electron chi connectivity index (χ1n) is 18.9. The number of terminal acetylenes is 1. The molecular weight excluding hydrogens is 703 g/mol. The highest BCUT2D eigenvalue weighted by molar-refractivity contribution is 6.13. The molecule has 0 saturated heterocycles. The fraction of sp³-hybridized carbons (Fsp3) is 0.0600. The van der Waals surface area contributed by atoms with Gasteiger partial charge in [0.25, 0.3) is 0 Å². The molecule has 0 aliphatic heterocycles. The van der Waals surface area contributed by atoms with Crippen LogP contribution in [0.2, 0.25) is 0 Å². The molecule has 5 aromatic carbocycles. The van der Waals surface area contributed by atoms with Crippen LogP contribution in [0.1, 0.15) is 31.3 Å². The van der Waals surface area contributed by atoms with E-state index in [0.717, 1.165) is 95.9 Å². The van der Waals surface area contributed by atoms with Crippen molar-refractivity contribution in [2.24, 2.45) is 0 Å². The van der Waals surface area contributed by atoms with Crippen LogP contribution in [0.15, 0.2) is 161 Å². The third kappa shape index (κ3) is 6.20. The lowest BCUT2D eigenvalue weighted by atomic mass is 10.0. The molecule has 0 radical (unpaired) electrons. The predicted molar refractivity (Wildman–Crippen MR) is 230 cm³/mol. The summed E-state index contributed by atoms with van der Waals surface area (Å²) in [6, 6.07) is 38.3. The Morgan fingerprint density at radius 3 is 2.09 bits per heavy atom. The normalized spacial score (nSPS) is 13.3. The molecule has 57 heavy (non-hydrogen) atoms. The average molecular weight is 736 g/mol. The van der Waals surface area contributed by atoms with E-state index in [1.54, 1.807) is 0 Å². The molecular formula is C50H33N5O2. The minimum atomic E-state index is 0.398. The van der Waals surface area contributed by atoms with Gasteiger partial charge in [-0.1, -0.05) is 97.0 Å². The maximum Gasteiger partial charge on any atom is 0.172 e. The Bertz CT molecular complexity index is 3210. The van der Waals surface area contributed by atoms with E-state index < -0.39 is 0 Å². The second-order valence-electron chi connectivity index (χ2n) is 13.8. The van der Waals surface area contributed by atoms with E-state index in [0.29, 0.717) is 28.9 Å². The van der Waals surface area contributed by atoms with Crippen LogP contribution in [0.25, 0.3) is 100 Å². The van der Waals surface area contributed by atoms with Crippen molar-refractivity contribution in [3.63, 3.8) is 0 Å². The van der Waals surface area contributed by atoms with Gasteiger partial charge in [0.15, 0.2) is 23.3 Å². The van der Waals surface area contributed by atoms with Gasteiger partial charge in [0, 0.05) is 43.8 Å². The van der Waals surface area contributed by atoms with Crippen LogP contribution in [-0.4, -0.2) is 24.9 Å². The average Bonchev–Trinajstić information content (AvgIpc) is 3.85. The molecule has 0 spiro atoms. The minimum Gasteiger partial charge on any atom is -0.456 e. The number of rotatable bonds is 7. The number of hydrogen-bond acceptors (Lipinski definition) is 7. The van der Waals surface area contributed by atoms with E-state index in [1.165, 1.54) is 0 Å². The Morgan fingerprint density at radius 2 is 1.32 bits per heavy atom. The fourth-order valence-electron chi connectivity index (χ4n) is 7.43. The molecule has 1 aliphatic rings. The summed E-state index contributed by atoms with van der Waals surface area (Å²) in [5, 5.41) is 3.79. The predicted octanol–water partition coefficient (Wildman–Crippen LogP) is 12.5. The summed E-state index contributed by atoms with van der Waals surface area (Å²) >= 11 is 0. The monoisotopic (exact) mass is 735 g/mol. The van der Waals surface area contributed by atoms with E-state index in [2.05, 4.69) is 66.6 Å². The van der Waals surface area contributed by atoms with E-state index in [1.807, 2.05) is 97.9 Å². The zero-order chi connectivity index (χ0) is 38.3. The van der Waals surface area contributed by atoms with Crippen molar-refractivity contribution in [2.45, 2.75) is 19.8 Å². The van der Waals surface area contributed by atoms with Crippen molar-refractivity contribution in [1.82, 2.24) is 24.9 Å². The number of aromatic nitrogens is 5. The van der Waals surface area contributed by atoms with Crippen LogP contribution in [-0.2, 0) is 0 Å². The summed E-state index contributed by atoms with van der Waals surface area (Å²) in [5.74, 6) is 4.77. The molecule has 0 fully saturated rings. The van der Waals surface area contributed by atoms with E-state index in [4.69, 9.17) is 40.2 Å². The molecule has 0 atom stereocenters. The molecule has 0 amide bonds. The maximum absolute atomic E-state index is 6.47. The van der Waals surface area contributed by atoms with Crippen molar-refractivity contribution in [3.8, 4) is 57.8 Å². The summed E-state index contributed by atoms with van der Waals surface area (Å²) in [6.45, 7) is 1.94. The number of para-hydroxylation sites is 1. The number of allylic oxidation sites excluding steroid dienone is 8. The fourth-order valence-corrected chi connectivity index (χ4v) is 7.43. The molecule has 1 aliphatic carbocycles. The highest BCUT2D eigenvalue weighted by atomic mass is 16.3. The second kappa shape index (κ2) is 14.2. The smallest absolute Gasteiger partial charge is 0.172 e. The Balaban J connectivity index is 1.16. The van der Waals surface area contributed by atoms with Crippen molar-refractivity contribution < 1.29 is 8.83 Å². The molecule has 9 aromatic rings. The summed E-state index contributed by atoms with van der Waals surface area (Å²) in [4.78, 5) is 25.3. The third-order valence-electron chi connectivity index (χ3n) is 10.2. The van der Waals surface area contributed by atoms with Gasteiger partial charge in [-0.3, -0.25) is 0 Å². The first-order chi connectivity index (χ1) is 28.1. The second-order valence-corrected chi connectivity index (χ2v) is 13.8. The topological polar surface area (TPSA) is 90.7 Å². The van der Waals surface area contributed by atoms with Gasteiger partial charge < -0.3 is 8.83 Å². The summed E-state index contributed by atoms with van der Waals surface area (Å²) in [5.41, 5.74) is 9.90. The quantitative estimate of drug-likeness (QED) is 0.119. The van der Waals surface area contributed by atoms with Gasteiger partial charge in [-0.05, 0) is 86.0 Å². The van der Waals surface area contributed by atoms with Gasteiger partial charge in [0.05, 0.1) is 17.0 Å². The first-order valence-corrected chi connectivity index (χ1v) is 18.9. The van der Waals surface area contributed by atoms with Crippen LogP contribution in [0.4, 0.5) is 0 Å². The molecule has 0 N–H and O–H groups in total. The van der Waals surface area contributed by atoms with Crippen molar-refractivity contribution in [3.05, 3.63) is 163 Å². The number of furan rings is 2. The van der Waals surface area contributed by atoms with Crippen LogP contribution in [0.3, 0.4) is 0 Å². The summed E-state index contributed by atoms with van der Waals surface area (Å²) in [6.07, 6.45) is 20.3.